The van der Waals surface area contributed by atoms with E-state index in [0.717, 1.165) is 11.8 Å². The van der Waals surface area contributed by atoms with E-state index < -0.39 is 39.6 Å². The molecule has 0 radical (unpaired) electrons. The number of likely N-dealkylation sites (tertiary alicyclic amines) is 2. The highest BCUT2D eigenvalue weighted by Crippen LogP contribution is 2.28. The van der Waals surface area contributed by atoms with Gasteiger partial charge in [-0.15, -0.1) is 0 Å². The van der Waals surface area contributed by atoms with Gasteiger partial charge in [0, 0.05) is 19.5 Å². The molecule has 2 saturated heterocycles. The van der Waals surface area contributed by atoms with Crippen molar-refractivity contribution in [3.8, 4) is 0 Å². The zero-order valence-corrected chi connectivity index (χ0v) is 19.5. The number of hydrogen-bond donors (Lipinski definition) is 5. The Morgan fingerprint density at radius 1 is 1.27 bits per heavy atom. The van der Waals surface area contributed by atoms with Crippen LogP contribution in [0.25, 0.3) is 0 Å². The van der Waals surface area contributed by atoms with Gasteiger partial charge < -0.3 is 26.0 Å². The number of nitrogens with zero attached hydrogens (tertiary/aromatic N) is 2. The highest BCUT2D eigenvalue weighted by Gasteiger charge is 2.46. The Kier molecular flexibility index (Phi) is 7.60. The minimum absolute atomic E-state index is 0.173. The lowest BCUT2D eigenvalue weighted by molar-refractivity contribution is -0.144. The van der Waals surface area contributed by atoms with Crippen LogP contribution in [0.2, 0.25) is 0 Å². The molecular formula is C21H32N6O5S. The molecule has 182 valence electrons. The van der Waals surface area contributed by atoms with Crippen molar-refractivity contribution in [2.24, 2.45) is 5.73 Å². The van der Waals surface area contributed by atoms with E-state index in [9.17, 15) is 23.1 Å². The van der Waals surface area contributed by atoms with Crippen LogP contribution in [-0.4, -0.2) is 84.8 Å². The van der Waals surface area contributed by atoms with Crippen LogP contribution in [0.4, 0.5) is 0 Å². The summed E-state index contributed by atoms with van der Waals surface area (Å²) in [5.74, 6) is -1.19. The maximum Gasteiger partial charge on any atom is 0.244 e. The second-order valence-electron chi connectivity index (χ2n) is 8.76. The molecule has 0 aromatic heterocycles. The molecule has 1 aromatic carbocycles. The lowest BCUT2D eigenvalue weighted by atomic mass is 9.83. The Balaban J connectivity index is 1.73. The molecule has 2 fully saturated rings. The van der Waals surface area contributed by atoms with E-state index in [-0.39, 0.29) is 18.9 Å². The van der Waals surface area contributed by atoms with Crippen molar-refractivity contribution in [1.82, 2.24) is 19.8 Å². The monoisotopic (exact) mass is 480 g/mol. The van der Waals surface area contributed by atoms with Crippen molar-refractivity contribution in [1.29, 1.82) is 5.41 Å². The molecule has 2 heterocycles. The van der Waals surface area contributed by atoms with E-state index in [1.807, 2.05) is 30.3 Å². The van der Waals surface area contributed by atoms with Gasteiger partial charge in [0.1, 0.15) is 11.8 Å². The van der Waals surface area contributed by atoms with Gasteiger partial charge in [-0.05, 0) is 31.2 Å². The topological polar surface area (TPSA) is 169 Å². The Hall–Kier alpha value is -2.70. The first-order valence-corrected chi connectivity index (χ1v) is 12.8. The number of aliphatic hydroxyl groups excluding tert-OH is 1. The molecule has 0 spiro atoms. The Bertz CT molecular complexity index is 988. The van der Waals surface area contributed by atoms with E-state index in [4.69, 9.17) is 11.1 Å². The lowest BCUT2D eigenvalue weighted by Crippen LogP contribution is -2.65. The Morgan fingerprint density at radius 2 is 1.97 bits per heavy atom. The first kappa shape index (κ1) is 24.9. The largest absolute Gasteiger partial charge is 0.371 e. The van der Waals surface area contributed by atoms with Gasteiger partial charge in [-0.1, -0.05) is 30.3 Å². The van der Waals surface area contributed by atoms with Crippen LogP contribution in [0.5, 0.6) is 0 Å². The molecule has 2 aliphatic heterocycles. The SMILES string of the molecule is CS(=O)(=O)NC1(Cc2ccccc2)CCCN(CC(=O)N[C@H]2CCCN(C(=N)N)C2O)C1=O. The number of hydrogen-bond acceptors (Lipinski definition) is 6. The molecular weight excluding hydrogens is 448 g/mol. The average Bonchev–Trinajstić information content (AvgIpc) is 2.72. The normalized spacial score (nSPS) is 26.2. The van der Waals surface area contributed by atoms with Crippen molar-refractivity contribution in [2.75, 3.05) is 25.9 Å². The fourth-order valence-corrected chi connectivity index (χ4v) is 5.61. The number of rotatable bonds is 7. The summed E-state index contributed by atoms with van der Waals surface area (Å²) in [6, 6.07) is 8.51. The number of carbonyl (C=O) groups is 2. The number of nitrogens with two attached hydrogens (primary N) is 1. The van der Waals surface area contributed by atoms with Gasteiger partial charge >= 0.3 is 0 Å². The molecule has 0 saturated carbocycles. The molecule has 12 heteroatoms. The third-order valence-corrected chi connectivity index (χ3v) is 6.80. The molecule has 3 atom stereocenters. The lowest BCUT2D eigenvalue weighted by Gasteiger charge is -2.42. The van der Waals surface area contributed by atoms with E-state index in [2.05, 4.69) is 10.0 Å². The summed E-state index contributed by atoms with van der Waals surface area (Å²) in [5, 5.41) is 20.7. The predicted molar refractivity (Wildman–Crippen MR) is 122 cm³/mol. The van der Waals surface area contributed by atoms with Crippen molar-refractivity contribution >= 4 is 27.8 Å². The standard InChI is InChI=1S/C21H32N6O5S/c1-33(31,32)25-21(13-15-7-3-2-4-8-15)10-6-11-26(19(21)30)14-17(28)24-16-9-5-12-27(18(16)29)20(22)23/h2-4,7-8,16,18,25,29H,5-6,9-14H2,1H3,(H3,22,23)(H,24,28)/t16-,18?,21?/m0/s1. The molecule has 11 nitrogen and oxygen atoms in total. The summed E-state index contributed by atoms with van der Waals surface area (Å²) < 4.78 is 26.8. The zero-order chi connectivity index (χ0) is 24.2. The van der Waals surface area contributed by atoms with Crippen LogP contribution in [0.15, 0.2) is 30.3 Å². The van der Waals surface area contributed by atoms with Crippen LogP contribution in [-0.2, 0) is 26.0 Å². The molecule has 3 rings (SSSR count). The van der Waals surface area contributed by atoms with Crippen molar-refractivity contribution in [2.45, 2.75) is 49.9 Å². The Labute approximate surface area is 193 Å². The molecule has 0 aliphatic carbocycles. The van der Waals surface area contributed by atoms with Crippen LogP contribution in [0, 0.1) is 5.41 Å². The van der Waals surface area contributed by atoms with Gasteiger partial charge in [0.2, 0.25) is 21.8 Å². The smallest absolute Gasteiger partial charge is 0.244 e. The molecule has 0 bridgehead atoms. The van der Waals surface area contributed by atoms with Crippen LogP contribution in [0.3, 0.4) is 0 Å². The highest BCUT2D eigenvalue weighted by molar-refractivity contribution is 7.88. The van der Waals surface area contributed by atoms with Crippen molar-refractivity contribution in [3.63, 3.8) is 0 Å². The van der Waals surface area contributed by atoms with E-state index in [0.29, 0.717) is 38.8 Å². The summed E-state index contributed by atoms with van der Waals surface area (Å²) in [5.41, 5.74) is 4.93. The van der Waals surface area contributed by atoms with E-state index in [1.165, 1.54) is 9.80 Å². The first-order valence-electron chi connectivity index (χ1n) is 10.9. The van der Waals surface area contributed by atoms with Gasteiger partial charge in [-0.25, -0.2) is 8.42 Å². The van der Waals surface area contributed by atoms with Crippen molar-refractivity contribution < 1.29 is 23.1 Å². The second-order valence-corrected chi connectivity index (χ2v) is 10.5. The van der Waals surface area contributed by atoms with Crippen LogP contribution < -0.4 is 15.8 Å². The predicted octanol–water partition coefficient (Wildman–Crippen LogP) is -1.07. The number of amides is 2. The molecule has 6 N–H and O–H groups in total. The second kappa shape index (κ2) is 10.1. The van der Waals surface area contributed by atoms with Crippen LogP contribution >= 0.6 is 0 Å². The number of sulfonamides is 1. The number of nitrogens with one attached hydrogen (secondary N) is 3. The summed E-state index contributed by atoms with van der Waals surface area (Å²) >= 11 is 0. The average molecular weight is 481 g/mol. The number of aliphatic hydroxyl groups is 1. The maximum atomic E-state index is 13.5. The maximum absolute atomic E-state index is 13.5. The number of carbonyl (C=O) groups excluding carboxylic acids is 2. The summed E-state index contributed by atoms with van der Waals surface area (Å²) in [6.07, 6.45) is 2.07. The molecule has 33 heavy (non-hydrogen) atoms. The fourth-order valence-electron chi connectivity index (χ4n) is 4.64. The van der Waals surface area contributed by atoms with Crippen LogP contribution in [0.1, 0.15) is 31.2 Å². The molecule has 1 aromatic rings. The highest BCUT2D eigenvalue weighted by atomic mass is 32.2. The Morgan fingerprint density at radius 3 is 2.61 bits per heavy atom. The fraction of sp³-hybridized carbons (Fsp3) is 0.571. The quantitative estimate of drug-likeness (QED) is 0.244. The third kappa shape index (κ3) is 6.21. The van der Waals surface area contributed by atoms with E-state index >= 15 is 0 Å². The van der Waals surface area contributed by atoms with Gasteiger partial charge in [-0.3, -0.25) is 15.0 Å². The van der Waals surface area contributed by atoms with Gasteiger partial charge in [-0.2, -0.15) is 4.72 Å². The first-order chi connectivity index (χ1) is 15.5. The molecule has 2 amide bonds. The third-order valence-electron chi connectivity index (χ3n) is 6.04. The summed E-state index contributed by atoms with van der Waals surface area (Å²) in [4.78, 5) is 28.9. The zero-order valence-electron chi connectivity index (χ0n) is 18.7. The molecule has 2 unspecified atom stereocenters. The van der Waals surface area contributed by atoms with Crippen molar-refractivity contribution in [3.05, 3.63) is 35.9 Å². The van der Waals surface area contributed by atoms with E-state index in [1.54, 1.807) is 0 Å². The minimum Gasteiger partial charge on any atom is -0.371 e. The van der Waals surface area contributed by atoms with Gasteiger partial charge in [0.15, 0.2) is 5.96 Å². The number of piperidine rings is 2. The van der Waals surface area contributed by atoms with Gasteiger partial charge in [0.25, 0.3) is 0 Å². The van der Waals surface area contributed by atoms with Gasteiger partial charge in [0.05, 0.1) is 18.8 Å². The minimum atomic E-state index is -3.70. The molecule has 2 aliphatic rings. The summed E-state index contributed by atoms with van der Waals surface area (Å²) in [6.45, 7) is 0.484. The summed E-state index contributed by atoms with van der Waals surface area (Å²) in [7, 11) is -3.70. The number of guanidine groups is 1. The number of benzene rings is 1.